The Hall–Kier alpha value is -1.98. The monoisotopic (exact) mass is 533 g/mol. The van der Waals surface area contributed by atoms with Crippen LogP contribution < -0.4 is 0 Å². The third-order valence-electron chi connectivity index (χ3n) is 7.46. The van der Waals surface area contributed by atoms with Gasteiger partial charge < -0.3 is 14.8 Å². The molecule has 0 saturated carbocycles. The maximum atomic E-state index is 13.2. The molecule has 0 bridgehead atoms. The minimum Gasteiger partial charge on any atom is -0.345 e. The Bertz CT molecular complexity index is 1370. The first-order valence-electron chi connectivity index (χ1n) is 12.2. The summed E-state index contributed by atoms with van der Waals surface area (Å²) in [5, 5.41) is 2.00. The van der Waals surface area contributed by atoms with E-state index in [9.17, 15) is 13.2 Å². The number of likely N-dealkylation sites (tertiary alicyclic amines) is 1. The number of halogens is 1. The van der Waals surface area contributed by atoms with E-state index in [0.29, 0.717) is 29.2 Å². The molecular weight excluding hydrogens is 506 g/mol. The topological polar surface area (TPSA) is 89.6 Å². The lowest BCUT2D eigenvalue weighted by atomic mass is 9.96. The molecular formula is C24H28ClN5O3S2. The van der Waals surface area contributed by atoms with Gasteiger partial charge in [-0.15, -0.1) is 11.3 Å². The van der Waals surface area contributed by atoms with Crippen molar-refractivity contribution in [1.82, 2.24) is 24.1 Å². The predicted molar refractivity (Wildman–Crippen MR) is 137 cm³/mol. The van der Waals surface area contributed by atoms with E-state index in [1.807, 2.05) is 0 Å². The summed E-state index contributed by atoms with van der Waals surface area (Å²) in [6.45, 7) is 3.59. The molecule has 2 fully saturated rings. The van der Waals surface area contributed by atoms with Gasteiger partial charge in [-0.25, -0.2) is 13.4 Å². The molecule has 6 rings (SSSR count). The first kappa shape index (κ1) is 23.4. The molecule has 2 saturated heterocycles. The molecule has 1 N–H and O–H groups in total. The SMILES string of the molecule is O=C(c1nc2c(s1)CC(N1CCCC1)CC2)N1CCN(S(=O)(=O)c2cc3cc(Cl)ccc3[nH]2)CC1. The first-order valence-corrected chi connectivity index (χ1v) is 14.8. The molecule has 0 radical (unpaired) electrons. The van der Waals surface area contributed by atoms with E-state index in [1.165, 1.54) is 46.5 Å². The average molecular weight is 534 g/mol. The highest BCUT2D eigenvalue weighted by atomic mass is 35.5. The van der Waals surface area contributed by atoms with Gasteiger partial charge in [0.2, 0.25) is 0 Å². The highest BCUT2D eigenvalue weighted by Gasteiger charge is 2.34. The average Bonchev–Trinajstić information content (AvgIpc) is 3.62. The van der Waals surface area contributed by atoms with Gasteiger partial charge in [0.25, 0.3) is 15.9 Å². The summed E-state index contributed by atoms with van der Waals surface area (Å²) in [5.41, 5.74) is 1.80. The Balaban J connectivity index is 1.11. The van der Waals surface area contributed by atoms with E-state index in [4.69, 9.17) is 16.6 Å². The summed E-state index contributed by atoms with van der Waals surface area (Å²) >= 11 is 7.57. The number of hydrogen-bond donors (Lipinski definition) is 1. The standard InChI is InChI=1S/C24H28ClN5O3S2/c25-17-3-5-19-16(13-17)14-22(26-19)35(32,33)30-11-9-29(10-12-30)24(31)23-27-20-6-4-18(15-21(20)34-23)28-7-1-2-8-28/h3,5,13-14,18,26H,1-2,4,6-12,15H2. The summed E-state index contributed by atoms with van der Waals surface area (Å²) in [4.78, 5) is 26.5. The molecule has 2 aromatic heterocycles. The zero-order valence-electron chi connectivity index (χ0n) is 19.4. The molecule has 2 aliphatic heterocycles. The first-order chi connectivity index (χ1) is 16.9. The third kappa shape index (κ3) is 4.40. The molecule has 4 heterocycles. The van der Waals surface area contributed by atoms with Crippen LogP contribution in [0.3, 0.4) is 0 Å². The highest BCUT2D eigenvalue weighted by Crippen LogP contribution is 2.31. The van der Waals surface area contributed by atoms with Crippen molar-refractivity contribution < 1.29 is 13.2 Å². The molecule has 0 spiro atoms. The zero-order chi connectivity index (χ0) is 24.2. The van der Waals surface area contributed by atoms with Crippen molar-refractivity contribution >= 4 is 49.8 Å². The van der Waals surface area contributed by atoms with Crippen molar-refractivity contribution in [1.29, 1.82) is 0 Å². The van der Waals surface area contributed by atoms with Gasteiger partial charge in [-0.2, -0.15) is 4.31 Å². The second-order valence-corrected chi connectivity index (χ2v) is 13.0. The number of piperazine rings is 1. The molecule has 3 aromatic rings. The van der Waals surface area contributed by atoms with Crippen LogP contribution in [0.2, 0.25) is 5.02 Å². The van der Waals surface area contributed by atoms with E-state index in [-0.39, 0.29) is 24.0 Å². The number of H-pyrrole nitrogens is 1. The van der Waals surface area contributed by atoms with Crippen molar-refractivity contribution in [3.63, 3.8) is 0 Å². The van der Waals surface area contributed by atoms with Crippen molar-refractivity contribution in [2.24, 2.45) is 0 Å². The molecule has 1 amide bonds. The van der Waals surface area contributed by atoms with E-state index in [1.54, 1.807) is 29.2 Å². The number of nitrogens with zero attached hydrogens (tertiary/aromatic N) is 4. The highest BCUT2D eigenvalue weighted by molar-refractivity contribution is 7.89. The minimum atomic E-state index is -3.69. The normalized spacial score (nSPS) is 22.1. The maximum absolute atomic E-state index is 13.2. The molecule has 1 unspecified atom stereocenters. The maximum Gasteiger partial charge on any atom is 0.282 e. The van der Waals surface area contributed by atoms with Crippen LogP contribution in [0.4, 0.5) is 0 Å². The van der Waals surface area contributed by atoms with Crippen LogP contribution >= 0.6 is 22.9 Å². The fourth-order valence-corrected chi connectivity index (χ4v) is 8.25. The van der Waals surface area contributed by atoms with Crippen LogP contribution in [0.25, 0.3) is 10.9 Å². The molecule has 1 aromatic carbocycles. The number of aryl methyl sites for hydroxylation is 1. The van der Waals surface area contributed by atoms with E-state index in [2.05, 4.69) is 9.88 Å². The number of thiazole rings is 1. The molecule has 8 nitrogen and oxygen atoms in total. The number of fused-ring (bicyclic) bond motifs is 2. The van der Waals surface area contributed by atoms with Gasteiger partial charge in [0.1, 0.15) is 5.03 Å². The van der Waals surface area contributed by atoms with Gasteiger partial charge in [0.05, 0.1) is 5.69 Å². The van der Waals surface area contributed by atoms with Crippen LogP contribution in [0.1, 0.15) is 39.6 Å². The Kier molecular flexibility index (Phi) is 6.12. The summed E-state index contributed by atoms with van der Waals surface area (Å²) < 4.78 is 27.9. The minimum absolute atomic E-state index is 0.0839. The number of amides is 1. The molecule has 3 aliphatic rings. The van der Waals surface area contributed by atoms with E-state index < -0.39 is 10.0 Å². The van der Waals surface area contributed by atoms with Crippen LogP contribution in [0.15, 0.2) is 29.3 Å². The second-order valence-electron chi connectivity index (χ2n) is 9.59. The Morgan fingerprint density at radius 1 is 1.09 bits per heavy atom. The summed E-state index contributed by atoms with van der Waals surface area (Å²) in [5.74, 6) is -0.0839. The largest absolute Gasteiger partial charge is 0.345 e. The smallest absolute Gasteiger partial charge is 0.282 e. The van der Waals surface area contributed by atoms with Crippen LogP contribution in [0, 0.1) is 0 Å². The zero-order valence-corrected chi connectivity index (χ0v) is 21.8. The lowest BCUT2D eigenvalue weighted by Gasteiger charge is -2.33. The van der Waals surface area contributed by atoms with Gasteiger partial charge in [-0.1, -0.05) is 11.6 Å². The van der Waals surface area contributed by atoms with Gasteiger partial charge in [0.15, 0.2) is 5.01 Å². The Labute approximate surface area is 213 Å². The predicted octanol–water partition coefficient (Wildman–Crippen LogP) is 3.38. The van der Waals surface area contributed by atoms with E-state index in [0.717, 1.165) is 35.9 Å². The van der Waals surface area contributed by atoms with Gasteiger partial charge >= 0.3 is 0 Å². The number of sulfonamides is 1. The second kappa shape index (κ2) is 9.15. The lowest BCUT2D eigenvalue weighted by molar-refractivity contribution is 0.0697. The van der Waals surface area contributed by atoms with Crippen LogP contribution in [-0.2, 0) is 22.9 Å². The van der Waals surface area contributed by atoms with E-state index >= 15 is 0 Å². The Morgan fingerprint density at radius 2 is 1.86 bits per heavy atom. The van der Waals surface area contributed by atoms with Crippen LogP contribution in [-0.4, -0.2) is 83.7 Å². The fraction of sp³-hybridized carbons (Fsp3) is 0.500. The Morgan fingerprint density at radius 3 is 2.63 bits per heavy atom. The number of nitrogens with one attached hydrogen (secondary N) is 1. The van der Waals surface area contributed by atoms with Crippen molar-refractivity contribution in [2.45, 2.75) is 43.2 Å². The van der Waals surface area contributed by atoms with Crippen molar-refractivity contribution in [3.05, 3.63) is 44.9 Å². The quantitative estimate of drug-likeness (QED) is 0.555. The van der Waals surface area contributed by atoms with Crippen molar-refractivity contribution in [3.8, 4) is 0 Å². The number of carbonyl (C=O) groups is 1. The van der Waals surface area contributed by atoms with Gasteiger partial charge in [-0.05, 0) is 69.5 Å². The number of hydrogen-bond acceptors (Lipinski definition) is 6. The van der Waals surface area contributed by atoms with Gasteiger partial charge in [0, 0.05) is 53.0 Å². The summed E-state index contributed by atoms with van der Waals surface area (Å²) in [7, 11) is -3.69. The van der Waals surface area contributed by atoms with Crippen LogP contribution in [0.5, 0.6) is 0 Å². The third-order valence-corrected chi connectivity index (χ3v) is 10.6. The summed E-state index contributed by atoms with van der Waals surface area (Å²) in [6.07, 6.45) is 5.60. The lowest BCUT2D eigenvalue weighted by Crippen LogP contribution is -2.50. The van der Waals surface area contributed by atoms with Gasteiger partial charge in [-0.3, -0.25) is 4.79 Å². The van der Waals surface area contributed by atoms with Crippen molar-refractivity contribution in [2.75, 3.05) is 39.3 Å². The number of benzene rings is 1. The number of aromatic nitrogens is 2. The number of aromatic amines is 1. The molecule has 35 heavy (non-hydrogen) atoms. The number of rotatable bonds is 4. The summed E-state index contributed by atoms with van der Waals surface area (Å²) in [6, 6.07) is 7.43. The fourth-order valence-electron chi connectivity index (χ4n) is 5.49. The number of carbonyl (C=O) groups excluding carboxylic acids is 1. The molecule has 186 valence electrons. The molecule has 1 atom stereocenters. The molecule has 11 heteroatoms. The molecule has 1 aliphatic carbocycles.